The van der Waals surface area contributed by atoms with Crippen LogP contribution in [0.5, 0.6) is 0 Å². The van der Waals surface area contributed by atoms with Crippen LogP contribution >= 0.6 is 0 Å². The van der Waals surface area contributed by atoms with Gasteiger partial charge >= 0.3 is 5.97 Å². The van der Waals surface area contributed by atoms with Crippen molar-refractivity contribution in [3.8, 4) is 0 Å². The number of nitrogens with zero attached hydrogens (tertiary/aromatic N) is 2. The molecule has 7 nitrogen and oxygen atoms in total. The average Bonchev–Trinajstić information content (AvgIpc) is 2.96. The molecule has 1 aliphatic heterocycles. The number of fused-ring (bicyclic) bond motifs is 1. The molecule has 0 unspecified atom stereocenters. The third kappa shape index (κ3) is 3.38. The molecule has 0 bridgehead atoms. The lowest BCUT2D eigenvalue weighted by molar-refractivity contribution is -0.162. The van der Waals surface area contributed by atoms with Gasteiger partial charge in [-0.2, -0.15) is 0 Å². The first kappa shape index (κ1) is 19.3. The molecular formula is C21H20N2O5. The Bertz CT molecular complexity index is 904. The van der Waals surface area contributed by atoms with E-state index in [0.717, 1.165) is 4.90 Å². The second kappa shape index (κ2) is 7.64. The lowest BCUT2D eigenvalue weighted by Gasteiger charge is -2.25. The minimum absolute atomic E-state index is 0.246. The summed E-state index contributed by atoms with van der Waals surface area (Å²) >= 11 is 0. The van der Waals surface area contributed by atoms with E-state index in [4.69, 9.17) is 4.74 Å². The highest BCUT2D eigenvalue weighted by atomic mass is 16.6. The molecule has 2 atom stereocenters. The highest BCUT2D eigenvalue weighted by Crippen LogP contribution is 2.26. The Kier molecular flexibility index (Phi) is 5.26. The van der Waals surface area contributed by atoms with Crippen molar-refractivity contribution in [2.45, 2.75) is 19.1 Å². The smallest absolute Gasteiger partial charge is 0.330 e. The molecule has 2 aromatic carbocycles. The normalized spacial score (nSPS) is 15.0. The predicted molar refractivity (Wildman–Crippen MR) is 100 cm³/mol. The van der Waals surface area contributed by atoms with Crippen LogP contribution in [0.15, 0.2) is 54.6 Å². The number of carbonyl (C=O) groups is 4. The summed E-state index contributed by atoms with van der Waals surface area (Å²) in [6.07, 6.45) is -1.17. The van der Waals surface area contributed by atoms with Crippen LogP contribution < -0.4 is 0 Å². The Morgan fingerprint density at radius 1 is 0.893 bits per heavy atom. The van der Waals surface area contributed by atoms with Crippen molar-refractivity contribution in [2.75, 3.05) is 14.1 Å². The second-order valence-corrected chi connectivity index (χ2v) is 6.66. The van der Waals surface area contributed by atoms with E-state index >= 15 is 0 Å². The fourth-order valence-electron chi connectivity index (χ4n) is 3.00. The van der Waals surface area contributed by atoms with Gasteiger partial charge in [-0.1, -0.05) is 42.5 Å². The van der Waals surface area contributed by atoms with Crippen LogP contribution in [-0.4, -0.2) is 53.6 Å². The van der Waals surface area contributed by atoms with Gasteiger partial charge in [-0.15, -0.1) is 0 Å². The maximum atomic E-state index is 12.7. The summed E-state index contributed by atoms with van der Waals surface area (Å²) in [5, 5.41) is 0. The van der Waals surface area contributed by atoms with Gasteiger partial charge in [0.15, 0.2) is 0 Å². The molecule has 0 saturated carbocycles. The van der Waals surface area contributed by atoms with Crippen molar-refractivity contribution in [1.82, 2.24) is 9.80 Å². The van der Waals surface area contributed by atoms with Crippen LogP contribution in [0.25, 0.3) is 0 Å². The number of hydrogen-bond donors (Lipinski definition) is 0. The molecule has 0 spiro atoms. The lowest BCUT2D eigenvalue weighted by atomic mass is 10.1. The molecule has 0 saturated heterocycles. The van der Waals surface area contributed by atoms with Crippen LogP contribution in [0.4, 0.5) is 0 Å². The van der Waals surface area contributed by atoms with Crippen molar-refractivity contribution in [2.24, 2.45) is 0 Å². The molecule has 0 aliphatic carbocycles. The van der Waals surface area contributed by atoms with Crippen LogP contribution in [0.1, 0.15) is 39.3 Å². The highest BCUT2D eigenvalue weighted by molar-refractivity contribution is 6.22. The van der Waals surface area contributed by atoms with E-state index in [1.807, 2.05) is 0 Å². The van der Waals surface area contributed by atoms with Gasteiger partial charge in [0.25, 0.3) is 17.7 Å². The molecule has 7 heteroatoms. The van der Waals surface area contributed by atoms with E-state index < -0.39 is 35.8 Å². The topological polar surface area (TPSA) is 84.0 Å². The number of carbonyl (C=O) groups excluding carboxylic acids is 4. The van der Waals surface area contributed by atoms with Crippen LogP contribution in [0, 0.1) is 0 Å². The zero-order chi connectivity index (χ0) is 20.4. The zero-order valence-electron chi connectivity index (χ0n) is 15.8. The van der Waals surface area contributed by atoms with Gasteiger partial charge in [-0.05, 0) is 19.1 Å². The Morgan fingerprint density at radius 2 is 1.39 bits per heavy atom. The third-order valence-corrected chi connectivity index (χ3v) is 4.56. The van der Waals surface area contributed by atoms with Gasteiger partial charge in [-0.3, -0.25) is 19.3 Å². The van der Waals surface area contributed by atoms with Crippen molar-refractivity contribution in [1.29, 1.82) is 0 Å². The maximum absolute atomic E-state index is 12.7. The van der Waals surface area contributed by atoms with Crippen LogP contribution in [0.3, 0.4) is 0 Å². The number of imide groups is 1. The predicted octanol–water partition coefficient (Wildman–Crippen LogP) is 2.04. The minimum Gasteiger partial charge on any atom is -0.446 e. The lowest BCUT2D eigenvalue weighted by Crippen LogP contribution is -2.45. The fourth-order valence-corrected chi connectivity index (χ4v) is 3.00. The standard InChI is InChI=1S/C21H20N2O5/c1-13(23-18(24)15-11-7-8-12-16(15)19(23)25)21(27)28-17(20(26)22(2)3)14-9-5-4-6-10-14/h4-13,17H,1-3H3/t13-,17+/m0/s1. The molecule has 0 radical (unpaired) electrons. The van der Waals surface area contributed by atoms with Gasteiger partial charge < -0.3 is 9.64 Å². The van der Waals surface area contributed by atoms with Gasteiger partial charge in [-0.25, -0.2) is 4.79 Å². The molecule has 3 amide bonds. The summed E-state index contributed by atoms with van der Waals surface area (Å²) in [7, 11) is 3.11. The number of esters is 1. The number of hydrogen-bond acceptors (Lipinski definition) is 5. The fraction of sp³-hybridized carbons (Fsp3) is 0.238. The molecule has 144 valence electrons. The summed E-state index contributed by atoms with van der Waals surface area (Å²) in [4.78, 5) is 52.6. The van der Waals surface area contributed by atoms with Crippen LogP contribution in [0.2, 0.25) is 0 Å². The van der Waals surface area contributed by atoms with Crippen molar-refractivity contribution >= 4 is 23.7 Å². The number of benzene rings is 2. The molecular weight excluding hydrogens is 360 g/mol. The van der Waals surface area contributed by atoms with E-state index in [1.165, 1.54) is 24.0 Å². The van der Waals surface area contributed by atoms with Crippen LogP contribution in [-0.2, 0) is 14.3 Å². The van der Waals surface area contributed by atoms with Gasteiger partial charge in [0.05, 0.1) is 11.1 Å². The number of likely N-dealkylation sites (N-methyl/N-ethyl adjacent to an activating group) is 1. The molecule has 1 heterocycles. The second-order valence-electron chi connectivity index (χ2n) is 6.66. The SMILES string of the molecule is C[C@@H](C(=O)O[C@@H](C(=O)N(C)C)c1ccccc1)N1C(=O)c2ccccc2C1=O. The van der Waals surface area contributed by atoms with Crippen molar-refractivity contribution in [3.63, 3.8) is 0 Å². The highest BCUT2D eigenvalue weighted by Gasteiger charge is 2.42. The number of amides is 3. The first-order valence-corrected chi connectivity index (χ1v) is 8.76. The largest absolute Gasteiger partial charge is 0.446 e. The molecule has 28 heavy (non-hydrogen) atoms. The van der Waals surface area contributed by atoms with E-state index in [0.29, 0.717) is 5.56 Å². The molecule has 2 aromatic rings. The van der Waals surface area contributed by atoms with Gasteiger partial charge in [0.1, 0.15) is 6.04 Å². The monoisotopic (exact) mass is 380 g/mol. The van der Waals surface area contributed by atoms with Gasteiger partial charge in [0, 0.05) is 19.7 Å². The summed E-state index contributed by atoms with van der Waals surface area (Å²) < 4.78 is 5.45. The average molecular weight is 380 g/mol. The quantitative estimate of drug-likeness (QED) is 0.586. The van der Waals surface area contributed by atoms with E-state index in [9.17, 15) is 19.2 Å². The van der Waals surface area contributed by atoms with Gasteiger partial charge in [0.2, 0.25) is 6.10 Å². The molecule has 0 aromatic heterocycles. The molecule has 0 fully saturated rings. The van der Waals surface area contributed by atoms with E-state index in [2.05, 4.69) is 0 Å². The number of ether oxygens (including phenoxy) is 1. The maximum Gasteiger partial charge on any atom is 0.330 e. The Hall–Kier alpha value is -3.48. The van der Waals surface area contributed by atoms with E-state index in [1.54, 1.807) is 56.6 Å². The van der Waals surface area contributed by atoms with Crippen molar-refractivity contribution < 1.29 is 23.9 Å². The Labute approximate surface area is 162 Å². The number of rotatable bonds is 5. The third-order valence-electron chi connectivity index (χ3n) is 4.56. The molecule has 0 N–H and O–H groups in total. The Morgan fingerprint density at radius 3 is 1.89 bits per heavy atom. The minimum atomic E-state index is -1.17. The Balaban J connectivity index is 1.84. The summed E-state index contributed by atoms with van der Waals surface area (Å²) in [6, 6.07) is 13.8. The van der Waals surface area contributed by atoms with E-state index in [-0.39, 0.29) is 11.1 Å². The first-order valence-electron chi connectivity index (χ1n) is 8.76. The van der Waals surface area contributed by atoms with Crippen molar-refractivity contribution in [3.05, 3.63) is 71.3 Å². The molecule has 3 rings (SSSR count). The molecule has 1 aliphatic rings. The first-order chi connectivity index (χ1) is 13.3. The summed E-state index contributed by atoms with van der Waals surface area (Å²) in [6.45, 7) is 1.41. The summed E-state index contributed by atoms with van der Waals surface area (Å²) in [5.74, 6) is -2.37. The zero-order valence-corrected chi connectivity index (χ0v) is 15.8. The summed E-state index contributed by atoms with van der Waals surface area (Å²) in [5.41, 5.74) is 0.997.